The Labute approximate surface area is 185 Å². The molecule has 2 aliphatic rings. The molecule has 2 aromatic rings. The normalized spacial score (nSPS) is 16.0. The molecule has 2 heterocycles. The van der Waals surface area contributed by atoms with Crippen molar-refractivity contribution in [3.8, 4) is 0 Å². The van der Waals surface area contributed by atoms with Crippen LogP contribution in [0.25, 0.3) is 0 Å². The summed E-state index contributed by atoms with van der Waals surface area (Å²) in [5.74, 6) is 0.0242. The van der Waals surface area contributed by atoms with E-state index in [1.54, 1.807) is 29.2 Å². The second kappa shape index (κ2) is 9.49. The molecule has 0 spiro atoms. The second-order valence-electron chi connectivity index (χ2n) is 7.78. The number of fused-ring (bicyclic) bond motifs is 1. The molecule has 0 unspecified atom stereocenters. The average molecular weight is 442 g/mol. The Morgan fingerprint density at radius 3 is 2.52 bits per heavy atom. The van der Waals surface area contributed by atoms with E-state index in [0.29, 0.717) is 56.2 Å². The van der Waals surface area contributed by atoms with Crippen LogP contribution in [0.1, 0.15) is 27.9 Å². The van der Waals surface area contributed by atoms with E-state index in [9.17, 15) is 14.4 Å². The fourth-order valence-electron chi connectivity index (χ4n) is 3.78. The summed E-state index contributed by atoms with van der Waals surface area (Å²) < 4.78 is 5.38. The van der Waals surface area contributed by atoms with Gasteiger partial charge in [-0.1, -0.05) is 23.7 Å². The lowest BCUT2D eigenvalue weighted by Crippen LogP contribution is -2.49. The van der Waals surface area contributed by atoms with Crippen molar-refractivity contribution in [2.75, 3.05) is 38.0 Å². The number of Topliss-reactive ketones (excluding diaryl/α,β-unsaturated/α-hetero) is 1. The third-order valence-electron chi connectivity index (χ3n) is 5.61. The molecular formula is C23H24ClN3O4. The van der Waals surface area contributed by atoms with Crippen LogP contribution in [0, 0.1) is 0 Å². The Kier molecular flexibility index (Phi) is 6.53. The number of ether oxygens (including phenoxy) is 1. The van der Waals surface area contributed by atoms with Gasteiger partial charge in [-0.2, -0.15) is 0 Å². The van der Waals surface area contributed by atoms with E-state index in [4.69, 9.17) is 16.3 Å². The Morgan fingerprint density at radius 2 is 1.77 bits per heavy atom. The Morgan fingerprint density at radius 1 is 1.03 bits per heavy atom. The number of benzene rings is 2. The molecule has 162 valence electrons. The zero-order valence-corrected chi connectivity index (χ0v) is 17.9. The van der Waals surface area contributed by atoms with Crippen LogP contribution in [0.4, 0.5) is 10.5 Å². The van der Waals surface area contributed by atoms with Crippen molar-refractivity contribution in [2.45, 2.75) is 19.4 Å². The number of carbonyl (C=O) groups is 3. The van der Waals surface area contributed by atoms with E-state index in [1.807, 2.05) is 18.2 Å². The molecule has 0 aliphatic carbocycles. The first kappa shape index (κ1) is 21.3. The quantitative estimate of drug-likeness (QED) is 0.695. The number of anilines is 1. The molecule has 2 aliphatic heterocycles. The van der Waals surface area contributed by atoms with Crippen LogP contribution >= 0.6 is 11.6 Å². The summed E-state index contributed by atoms with van der Waals surface area (Å²) >= 11 is 5.86. The number of hydrogen-bond donors (Lipinski definition) is 1. The largest absolute Gasteiger partial charge is 0.445 e. The van der Waals surface area contributed by atoms with Gasteiger partial charge in [0.2, 0.25) is 5.91 Å². The number of amides is 2. The Hall–Kier alpha value is -2.90. The van der Waals surface area contributed by atoms with Crippen LogP contribution in [0.2, 0.25) is 5.02 Å². The lowest BCUT2D eigenvalue weighted by Gasteiger charge is -2.33. The average Bonchev–Trinajstić information content (AvgIpc) is 3.16. The number of nitrogens with zero attached hydrogens (tertiary/aromatic N) is 2. The third kappa shape index (κ3) is 5.42. The van der Waals surface area contributed by atoms with E-state index in [-0.39, 0.29) is 24.4 Å². The van der Waals surface area contributed by atoms with Crippen molar-refractivity contribution in [3.63, 3.8) is 0 Å². The van der Waals surface area contributed by atoms with Gasteiger partial charge in [0, 0.05) is 55.4 Å². The van der Waals surface area contributed by atoms with Crippen molar-refractivity contribution in [3.05, 3.63) is 64.2 Å². The van der Waals surface area contributed by atoms with Crippen molar-refractivity contribution in [1.29, 1.82) is 0 Å². The van der Waals surface area contributed by atoms with E-state index in [0.717, 1.165) is 16.8 Å². The zero-order chi connectivity index (χ0) is 21.8. The van der Waals surface area contributed by atoms with Crippen LogP contribution in [0.5, 0.6) is 0 Å². The van der Waals surface area contributed by atoms with Crippen LogP contribution in [-0.4, -0.2) is 60.3 Å². The van der Waals surface area contributed by atoms with Crippen LogP contribution in [0.15, 0.2) is 42.5 Å². The molecule has 31 heavy (non-hydrogen) atoms. The van der Waals surface area contributed by atoms with Crippen molar-refractivity contribution in [2.24, 2.45) is 0 Å². The first-order valence-corrected chi connectivity index (χ1v) is 10.7. The number of halogens is 1. The number of ketones is 1. The maximum Gasteiger partial charge on any atom is 0.410 e. The van der Waals surface area contributed by atoms with Gasteiger partial charge < -0.3 is 15.0 Å². The van der Waals surface area contributed by atoms with Gasteiger partial charge in [0.05, 0.1) is 6.42 Å². The van der Waals surface area contributed by atoms with Crippen LogP contribution in [0.3, 0.4) is 0 Å². The topological polar surface area (TPSA) is 79.0 Å². The summed E-state index contributed by atoms with van der Waals surface area (Å²) in [4.78, 5) is 40.2. The van der Waals surface area contributed by atoms with Gasteiger partial charge >= 0.3 is 6.09 Å². The molecule has 0 radical (unpaired) electrons. The number of carbonyl (C=O) groups excluding carboxylic acids is 3. The monoisotopic (exact) mass is 441 g/mol. The lowest BCUT2D eigenvalue weighted by molar-refractivity contribution is -0.115. The number of nitrogens with one attached hydrogen (secondary N) is 1. The van der Waals surface area contributed by atoms with Gasteiger partial charge in [-0.15, -0.1) is 0 Å². The van der Waals surface area contributed by atoms with Gasteiger partial charge in [-0.25, -0.2) is 4.79 Å². The summed E-state index contributed by atoms with van der Waals surface area (Å²) in [6, 6.07) is 12.6. The van der Waals surface area contributed by atoms with E-state index in [1.165, 1.54) is 0 Å². The van der Waals surface area contributed by atoms with Gasteiger partial charge in [0.25, 0.3) is 0 Å². The molecule has 0 aromatic heterocycles. The summed E-state index contributed by atoms with van der Waals surface area (Å²) in [7, 11) is 0. The summed E-state index contributed by atoms with van der Waals surface area (Å²) in [5, 5.41) is 3.42. The number of piperazine rings is 1. The van der Waals surface area contributed by atoms with E-state index >= 15 is 0 Å². The van der Waals surface area contributed by atoms with E-state index in [2.05, 4.69) is 10.2 Å². The fraction of sp³-hybridized carbons (Fsp3) is 0.348. The standard InChI is InChI=1S/C23H24ClN3O4/c24-19-4-1-16(2-5-19)15-31-23(30)27-11-9-26(10-12-27)8-7-21(28)17-3-6-20-18(13-17)14-22(29)25-20/h1-6,13H,7-12,14-15H2,(H,25,29). The third-order valence-corrected chi connectivity index (χ3v) is 5.87. The fourth-order valence-corrected chi connectivity index (χ4v) is 3.90. The van der Waals surface area contributed by atoms with Crippen molar-refractivity contribution < 1.29 is 19.1 Å². The van der Waals surface area contributed by atoms with Crippen LogP contribution in [-0.2, 0) is 22.6 Å². The smallest absolute Gasteiger partial charge is 0.410 e. The molecule has 1 saturated heterocycles. The number of hydrogen-bond acceptors (Lipinski definition) is 5. The second-order valence-corrected chi connectivity index (χ2v) is 8.22. The molecule has 1 fully saturated rings. The minimum Gasteiger partial charge on any atom is -0.445 e. The summed E-state index contributed by atoms with van der Waals surface area (Å²) in [6.07, 6.45) is 0.403. The molecule has 2 aromatic carbocycles. The first-order chi connectivity index (χ1) is 15.0. The van der Waals surface area contributed by atoms with Gasteiger partial charge in [-0.3, -0.25) is 14.5 Å². The van der Waals surface area contributed by atoms with Gasteiger partial charge in [0.1, 0.15) is 6.61 Å². The molecule has 1 N–H and O–H groups in total. The highest BCUT2D eigenvalue weighted by Crippen LogP contribution is 2.24. The highest BCUT2D eigenvalue weighted by molar-refractivity contribution is 6.30. The predicted molar refractivity (Wildman–Crippen MR) is 117 cm³/mol. The van der Waals surface area contributed by atoms with Crippen molar-refractivity contribution in [1.82, 2.24) is 9.80 Å². The summed E-state index contributed by atoms with van der Waals surface area (Å²) in [5.41, 5.74) is 3.20. The highest BCUT2D eigenvalue weighted by Gasteiger charge is 2.23. The van der Waals surface area contributed by atoms with Gasteiger partial charge in [0.15, 0.2) is 5.78 Å². The molecule has 7 nitrogen and oxygen atoms in total. The van der Waals surface area contributed by atoms with Crippen LogP contribution < -0.4 is 5.32 Å². The first-order valence-electron chi connectivity index (χ1n) is 10.3. The molecule has 2 amide bonds. The molecule has 0 bridgehead atoms. The lowest BCUT2D eigenvalue weighted by atomic mass is 10.0. The minimum atomic E-state index is -0.327. The maximum atomic E-state index is 12.6. The summed E-state index contributed by atoms with van der Waals surface area (Å²) in [6.45, 7) is 3.39. The van der Waals surface area contributed by atoms with Gasteiger partial charge in [-0.05, 0) is 41.5 Å². The number of rotatable bonds is 6. The SMILES string of the molecule is O=C1Cc2cc(C(=O)CCN3CCN(C(=O)OCc4ccc(Cl)cc4)CC3)ccc2N1. The highest BCUT2D eigenvalue weighted by atomic mass is 35.5. The maximum absolute atomic E-state index is 12.6. The molecule has 0 atom stereocenters. The van der Waals surface area contributed by atoms with E-state index < -0.39 is 0 Å². The predicted octanol–water partition coefficient (Wildman–Crippen LogP) is 3.36. The van der Waals surface area contributed by atoms with Crippen molar-refractivity contribution >= 4 is 35.1 Å². The zero-order valence-electron chi connectivity index (χ0n) is 17.1. The Balaban J connectivity index is 1.19. The Bertz CT molecular complexity index is 985. The molecular weight excluding hydrogens is 418 g/mol. The molecule has 4 rings (SSSR count). The molecule has 8 heteroatoms. The molecule has 0 saturated carbocycles. The minimum absolute atomic E-state index is 0.0378.